The Balaban J connectivity index is 1.16. The standard InChI is InChI=1S/C25H33ClN8O2S/c1-19-15-27-18-34(19)7-3-6-28-25(37)31-21-4-5-22(23(14-21)35-2)36-13-12-32-8-10-33(11-9-32)24-29-16-20(26)17-30-24/h4-5,14-18H,3,6-13H2,1-2H3,(H2,28,31,37). The highest BCUT2D eigenvalue weighted by Crippen LogP contribution is 2.30. The van der Waals surface area contributed by atoms with Gasteiger partial charge in [-0.3, -0.25) is 4.90 Å². The van der Waals surface area contributed by atoms with E-state index in [2.05, 4.69) is 40.0 Å². The largest absolute Gasteiger partial charge is 0.493 e. The summed E-state index contributed by atoms with van der Waals surface area (Å²) in [6.07, 6.45) is 7.92. The average Bonchev–Trinajstić information content (AvgIpc) is 3.32. The topological polar surface area (TPSA) is 92.6 Å². The van der Waals surface area contributed by atoms with Crippen LogP contribution in [0, 0.1) is 6.92 Å². The van der Waals surface area contributed by atoms with Gasteiger partial charge in [-0.25, -0.2) is 15.0 Å². The SMILES string of the molecule is COc1cc(NC(=S)NCCCn2cncc2C)ccc1OCCN1CCN(c2ncc(Cl)cn2)CC1. The van der Waals surface area contributed by atoms with Crippen LogP contribution >= 0.6 is 23.8 Å². The Bertz CT molecular complexity index is 1150. The van der Waals surface area contributed by atoms with Crippen LogP contribution in [-0.4, -0.2) is 82.5 Å². The fraction of sp³-hybridized carbons (Fsp3) is 0.440. The van der Waals surface area contributed by atoms with Gasteiger partial charge in [0, 0.05) is 69.5 Å². The van der Waals surface area contributed by atoms with Gasteiger partial charge in [0.05, 0.1) is 30.9 Å². The minimum atomic E-state index is 0.547. The van der Waals surface area contributed by atoms with E-state index in [9.17, 15) is 0 Å². The third-order valence-corrected chi connectivity index (χ3v) is 6.57. The maximum atomic E-state index is 6.04. The molecule has 2 N–H and O–H groups in total. The highest BCUT2D eigenvalue weighted by Gasteiger charge is 2.19. The molecule has 0 spiro atoms. The lowest BCUT2D eigenvalue weighted by Gasteiger charge is -2.34. The van der Waals surface area contributed by atoms with Gasteiger partial charge in [0.15, 0.2) is 16.6 Å². The molecule has 3 heterocycles. The smallest absolute Gasteiger partial charge is 0.225 e. The van der Waals surface area contributed by atoms with Crippen LogP contribution in [0.3, 0.4) is 0 Å². The number of piperazine rings is 1. The summed E-state index contributed by atoms with van der Waals surface area (Å²) in [5, 5.41) is 7.57. The van der Waals surface area contributed by atoms with Crippen molar-refractivity contribution in [3.63, 3.8) is 0 Å². The minimum Gasteiger partial charge on any atom is -0.493 e. The van der Waals surface area contributed by atoms with E-state index in [-0.39, 0.29) is 0 Å². The number of hydrogen-bond donors (Lipinski definition) is 2. The van der Waals surface area contributed by atoms with E-state index in [1.165, 1.54) is 0 Å². The monoisotopic (exact) mass is 544 g/mol. The number of thiocarbonyl (C=S) groups is 1. The zero-order valence-electron chi connectivity index (χ0n) is 21.2. The molecule has 10 nitrogen and oxygen atoms in total. The number of aromatic nitrogens is 4. The number of anilines is 2. The predicted molar refractivity (Wildman–Crippen MR) is 150 cm³/mol. The Morgan fingerprint density at radius 2 is 1.86 bits per heavy atom. The van der Waals surface area contributed by atoms with Gasteiger partial charge >= 0.3 is 0 Å². The fourth-order valence-corrected chi connectivity index (χ4v) is 4.35. The minimum absolute atomic E-state index is 0.547. The summed E-state index contributed by atoms with van der Waals surface area (Å²) in [5.74, 6) is 2.09. The van der Waals surface area contributed by atoms with Crippen LogP contribution in [0.2, 0.25) is 5.02 Å². The number of aryl methyl sites for hydroxylation is 2. The van der Waals surface area contributed by atoms with E-state index in [0.29, 0.717) is 28.2 Å². The van der Waals surface area contributed by atoms with Crippen LogP contribution in [-0.2, 0) is 6.54 Å². The number of rotatable bonds is 11. The molecule has 0 aliphatic carbocycles. The molecule has 12 heteroatoms. The summed E-state index contributed by atoms with van der Waals surface area (Å²) in [7, 11) is 1.64. The first-order chi connectivity index (χ1) is 18.0. The second-order valence-electron chi connectivity index (χ2n) is 8.71. The zero-order chi connectivity index (χ0) is 26.0. The number of ether oxygens (including phenoxy) is 2. The van der Waals surface area contributed by atoms with E-state index < -0.39 is 0 Å². The number of nitrogens with zero attached hydrogens (tertiary/aromatic N) is 6. The molecule has 37 heavy (non-hydrogen) atoms. The van der Waals surface area contributed by atoms with Crippen LogP contribution in [0.1, 0.15) is 12.1 Å². The van der Waals surface area contributed by atoms with E-state index in [1.807, 2.05) is 37.6 Å². The van der Waals surface area contributed by atoms with Gasteiger partial charge in [-0.05, 0) is 37.7 Å². The molecule has 1 fully saturated rings. The first-order valence-electron chi connectivity index (χ1n) is 12.3. The summed E-state index contributed by atoms with van der Waals surface area (Å²) >= 11 is 11.3. The number of imidazole rings is 1. The molecule has 0 bridgehead atoms. The molecular formula is C25H33ClN8O2S. The number of methoxy groups -OCH3 is 1. The first-order valence-corrected chi connectivity index (χ1v) is 13.1. The Kier molecular flexibility index (Phi) is 9.75. The molecule has 0 radical (unpaired) electrons. The van der Waals surface area contributed by atoms with Gasteiger partial charge in [0.2, 0.25) is 5.95 Å². The first kappa shape index (κ1) is 26.9. The van der Waals surface area contributed by atoms with Crippen molar-refractivity contribution in [2.24, 2.45) is 0 Å². The number of hydrogen-bond acceptors (Lipinski definition) is 8. The van der Waals surface area contributed by atoms with Crippen molar-refractivity contribution in [3.05, 3.63) is 53.8 Å². The molecule has 2 aromatic heterocycles. The van der Waals surface area contributed by atoms with Gasteiger partial charge in [-0.2, -0.15) is 0 Å². The second kappa shape index (κ2) is 13.4. The fourth-order valence-electron chi connectivity index (χ4n) is 4.04. The summed E-state index contributed by atoms with van der Waals surface area (Å²) in [4.78, 5) is 17.3. The lowest BCUT2D eigenvalue weighted by Crippen LogP contribution is -2.48. The lowest BCUT2D eigenvalue weighted by atomic mass is 10.2. The molecule has 1 saturated heterocycles. The summed E-state index contributed by atoms with van der Waals surface area (Å²) < 4.78 is 13.7. The van der Waals surface area contributed by atoms with E-state index in [1.54, 1.807) is 19.5 Å². The normalized spacial score (nSPS) is 13.9. The molecule has 1 aliphatic heterocycles. The van der Waals surface area contributed by atoms with Crippen molar-refractivity contribution in [2.75, 3.05) is 63.2 Å². The number of nitrogens with one attached hydrogen (secondary N) is 2. The summed E-state index contributed by atoms with van der Waals surface area (Å²) in [6.45, 7) is 8.67. The highest BCUT2D eigenvalue weighted by molar-refractivity contribution is 7.80. The number of halogens is 1. The number of benzene rings is 1. The van der Waals surface area contributed by atoms with Crippen LogP contribution in [0.5, 0.6) is 11.5 Å². The second-order valence-corrected chi connectivity index (χ2v) is 9.55. The molecule has 3 aromatic rings. The molecule has 1 aliphatic rings. The van der Waals surface area contributed by atoms with Gasteiger partial charge in [-0.15, -0.1) is 0 Å². The Hall–Kier alpha value is -3.15. The Morgan fingerprint density at radius 1 is 1.08 bits per heavy atom. The molecular weight excluding hydrogens is 512 g/mol. The van der Waals surface area contributed by atoms with Gasteiger partial charge < -0.3 is 29.6 Å². The van der Waals surface area contributed by atoms with Crippen molar-refractivity contribution >= 4 is 40.6 Å². The van der Waals surface area contributed by atoms with Crippen molar-refractivity contribution in [1.29, 1.82) is 0 Å². The summed E-state index contributed by atoms with van der Waals surface area (Å²) in [6, 6.07) is 5.73. The van der Waals surface area contributed by atoms with Crippen molar-refractivity contribution < 1.29 is 9.47 Å². The molecule has 1 aromatic carbocycles. The molecule has 0 atom stereocenters. The average molecular weight is 545 g/mol. The lowest BCUT2D eigenvalue weighted by molar-refractivity contribution is 0.196. The van der Waals surface area contributed by atoms with Crippen molar-refractivity contribution in [3.8, 4) is 11.5 Å². The van der Waals surface area contributed by atoms with Crippen LogP contribution < -0.4 is 25.0 Å². The Morgan fingerprint density at radius 3 is 2.57 bits per heavy atom. The highest BCUT2D eigenvalue weighted by atomic mass is 35.5. The zero-order valence-corrected chi connectivity index (χ0v) is 22.8. The molecule has 0 amide bonds. The van der Waals surface area contributed by atoms with Gasteiger partial charge in [0.25, 0.3) is 0 Å². The summed E-state index contributed by atoms with van der Waals surface area (Å²) in [5.41, 5.74) is 2.00. The van der Waals surface area contributed by atoms with E-state index >= 15 is 0 Å². The van der Waals surface area contributed by atoms with Crippen LogP contribution in [0.4, 0.5) is 11.6 Å². The molecule has 198 valence electrons. The van der Waals surface area contributed by atoms with E-state index in [4.69, 9.17) is 33.3 Å². The third kappa shape index (κ3) is 7.91. The third-order valence-electron chi connectivity index (χ3n) is 6.13. The Labute approximate surface area is 228 Å². The van der Waals surface area contributed by atoms with Gasteiger partial charge in [0.1, 0.15) is 6.61 Å². The maximum absolute atomic E-state index is 6.04. The predicted octanol–water partition coefficient (Wildman–Crippen LogP) is 3.22. The van der Waals surface area contributed by atoms with Crippen molar-refractivity contribution in [1.82, 2.24) is 29.7 Å². The van der Waals surface area contributed by atoms with Gasteiger partial charge in [-0.1, -0.05) is 11.6 Å². The van der Waals surface area contributed by atoms with Crippen molar-refractivity contribution in [2.45, 2.75) is 19.9 Å². The molecule has 0 unspecified atom stereocenters. The maximum Gasteiger partial charge on any atom is 0.225 e. The molecule has 0 saturated carbocycles. The van der Waals surface area contributed by atoms with Crippen LogP contribution in [0.25, 0.3) is 0 Å². The molecule has 4 rings (SSSR count). The quantitative estimate of drug-likeness (QED) is 0.277. The van der Waals surface area contributed by atoms with Crippen LogP contribution in [0.15, 0.2) is 43.1 Å². The van der Waals surface area contributed by atoms with E-state index in [0.717, 1.165) is 69.6 Å².